The largest absolute Gasteiger partial charge is 0.492 e. The summed E-state index contributed by atoms with van der Waals surface area (Å²) in [5, 5.41) is 16.4. The number of benzene rings is 2. The predicted molar refractivity (Wildman–Crippen MR) is 116 cm³/mol. The summed E-state index contributed by atoms with van der Waals surface area (Å²) in [6.07, 6.45) is 1.99. The number of carbonyl (C=O) groups is 1. The number of nitrogens with zero attached hydrogens (tertiary/aromatic N) is 1. The summed E-state index contributed by atoms with van der Waals surface area (Å²) in [6.45, 7) is 4.42. The first-order valence-corrected chi connectivity index (χ1v) is 9.81. The summed E-state index contributed by atoms with van der Waals surface area (Å²) < 4.78 is 6.33. The normalized spacial score (nSPS) is 10.2. The Morgan fingerprint density at radius 3 is 2.64 bits per heavy atom. The first kappa shape index (κ1) is 21.8. The lowest BCUT2D eigenvalue weighted by atomic mass is 10.2. The van der Waals surface area contributed by atoms with Crippen LogP contribution < -0.4 is 15.4 Å². The summed E-state index contributed by atoms with van der Waals surface area (Å²) >= 11 is 8.58. The minimum absolute atomic E-state index is 0.0101. The van der Waals surface area contributed by atoms with Crippen molar-refractivity contribution >= 4 is 50.5 Å². The van der Waals surface area contributed by atoms with Gasteiger partial charge in [-0.2, -0.15) is 0 Å². The van der Waals surface area contributed by atoms with Gasteiger partial charge in [0.2, 0.25) is 0 Å². The van der Waals surface area contributed by atoms with Crippen molar-refractivity contribution in [2.24, 2.45) is 0 Å². The fraction of sp³-hybridized carbons (Fsp3) is 0.263. The molecule has 0 aliphatic carbocycles. The van der Waals surface area contributed by atoms with Gasteiger partial charge in [0.15, 0.2) is 5.11 Å². The topological polar surface area (TPSA) is 93.5 Å². The monoisotopic (exact) mass is 465 g/mol. The predicted octanol–water partition coefficient (Wildman–Crippen LogP) is 4.97. The Labute approximate surface area is 176 Å². The maximum Gasteiger partial charge on any atom is 0.269 e. The lowest BCUT2D eigenvalue weighted by Crippen LogP contribution is -2.34. The zero-order valence-corrected chi connectivity index (χ0v) is 17.9. The van der Waals surface area contributed by atoms with Crippen LogP contribution in [0.4, 0.5) is 11.4 Å². The number of ether oxygens (including phenoxy) is 1. The number of nitro groups is 1. The van der Waals surface area contributed by atoms with Crippen LogP contribution in [0.2, 0.25) is 0 Å². The highest BCUT2D eigenvalue weighted by Gasteiger charge is 2.13. The van der Waals surface area contributed by atoms with Crippen LogP contribution >= 0.6 is 28.1 Å². The fourth-order valence-electron chi connectivity index (χ4n) is 2.32. The number of anilines is 1. The molecule has 2 rings (SSSR count). The zero-order valence-electron chi connectivity index (χ0n) is 15.5. The molecule has 0 heterocycles. The van der Waals surface area contributed by atoms with E-state index in [0.717, 1.165) is 12.8 Å². The summed E-state index contributed by atoms with van der Waals surface area (Å²) in [7, 11) is 0. The molecule has 0 saturated heterocycles. The molecule has 2 aromatic carbocycles. The number of nitrogens with one attached hydrogen (secondary N) is 2. The second kappa shape index (κ2) is 10.1. The van der Waals surface area contributed by atoms with Gasteiger partial charge in [0.25, 0.3) is 11.6 Å². The molecule has 148 valence electrons. The number of aryl methyl sites for hydroxylation is 1. The average Bonchev–Trinajstić information content (AvgIpc) is 2.64. The van der Waals surface area contributed by atoms with E-state index >= 15 is 0 Å². The van der Waals surface area contributed by atoms with Crippen LogP contribution in [-0.4, -0.2) is 22.5 Å². The van der Waals surface area contributed by atoms with E-state index in [1.807, 2.05) is 0 Å². The molecular weight excluding hydrogens is 446 g/mol. The molecule has 2 aromatic rings. The Balaban J connectivity index is 1.99. The lowest BCUT2D eigenvalue weighted by Gasteiger charge is -2.12. The number of non-ortho nitro benzene ring substituents is 1. The van der Waals surface area contributed by atoms with Gasteiger partial charge in [0, 0.05) is 23.4 Å². The van der Waals surface area contributed by atoms with Crippen molar-refractivity contribution in [2.75, 3.05) is 11.9 Å². The van der Waals surface area contributed by atoms with Crippen LogP contribution in [0.15, 0.2) is 40.9 Å². The van der Waals surface area contributed by atoms with E-state index in [9.17, 15) is 14.9 Å². The van der Waals surface area contributed by atoms with Crippen molar-refractivity contribution in [3.8, 4) is 5.75 Å². The highest BCUT2D eigenvalue weighted by molar-refractivity contribution is 9.10. The van der Waals surface area contributed by atoms with Gasteiger partial charge >= 0.3 is 0 Å². The summed E-state index contributed by atoms with van der Waals surface area (Å²) in [6, 6.07) is 9.39. The third-order valence-corrected chi connectivity index (χ3v) is 4.67. The van der Waals surface area contributed by atoms with Gasteiger partial charge in [-0.25, -0.2) is 0 Å². The molecule has 0 aliphatic rings. The van der Waals surface area contributed by atoms with Gasteiger partial charge in [-0.05, 0) is 71.3 Å². The standard InChI is InChI=1S/C19H20BrN3O4S/c1-3-4-9-27-17-8-5-13(11-15(17)20)18(24)22-19(28)21-16-7-6-14(23(25)26)10-12(16)2/h5-8,10-11H,3-4,9H2,1-2H3,(H2,21,22,24,28). The first-order chi connectivity index (χ1) is 13.3. The minimum Gasteiger partial charge on any atom is -0.492 e. The average molecular weight is 466 g/mol. The van der Waals surface area contributed by atoms with E-state index in [1.165, 1.54) is 12.1 Å². The molecule has 0 spiro atoms. The van der Waals surface area contributed by atoms with Gasteiger partial charge in [-0.3, -0.25) is 20.2 Å². The Morgan fingerprint density at radius 1 is 1.29 bits per heavy atom. The van der Waals surface area contributed by atoms with E-state index in [-0.39, 0.29) is 16.7 Å². The smallest absolute Gasteiger partial charge is 0.269 e. The Bertz CT molecular complexity index is 905. The molecule has 0 fully saturated rings. The Kier molecular flexibility index (Phi) is 7.89. The van der Waals surface area contributed by atoms with Crippen molar-refractivity contribution in [3.63, 3.8) is 0 Å². The molecule has 0 bridgehead atoms. The highest BCUT2D eigenvalue weighted by atomic mass is 79.9. The maximum absolute atomic E-state index is 12.4. The van der Waals surface area contributed by atoms with Gasteiger partial charge in [0.05, 0.1) is 16.0 Å². The zero-order chi connectivity index (χ0) is 20.7. The van der Waals surface area contributed by atoms with Crippen LogP contribution in [0.3, 0.4) is 0 Å². The quantitative estimate of drug-likeness (QED) is 0.259. The summed E-state index contributed by atoms with van der Waals surface area (Å²) in [5.74, 6) is 0.296. The first-order valence-electron chi connectivity index (χ1n) is 8.61. The van der Waals surface area contributed by atoms with Crippen LogP contribution in [0.1, 0.15) is 35.7 Å². The SMILES string of the molecule is CCCCOc1ccc(C(=O)NC(=S)Nc2ccc([N+](=O)[O-])cc2C)cc1Br. The molecule has 28 heavy (non-hydrogen) atoms. The fourth-order valence-corrected chi connectivity index (χ4v) is 3.01. The second-order valence-electron chi connectivity index (χ2n) is 6.01. The number of carbonyl (C=O) groups excluding carboxylic acids is 1. The maximum atomic E-state index is 12.4. The number of thiocarbonyl (C=S) groups is 1. The molecule has 1 amide bonds. The Morgan fingerprint density at radius 2 is 2.04 bits per heavy atom. The van der Waals surface area contributed by atoms with E-state index in [2.05, 4.69) is 33.5 Å². The molecule has 0 unspecified atom stereocenters. The number of nitro benzene ring substituents is 1. The third-order valence-electron chi connectivity index (χ3n) is 3.85. The van der Waals surface area contributed by atoms with Crippen molar-refractivity contribution in [2.45, 2.75) is 26.7 Å². The van der Waals surface area contributed by atoms with Gasteiger partial charge in [-0.1, -0.05) is 13.3 Å². The lowest BCUT2D eigenvalue weighted by molar-refractivity contribution is -0.384. The van der Waals surface area contributed by atoms with Gasteiger partial charge in [0.1, 0.15) is 5.75 Å². The Hall–Kier alpha value is -2.52. The number of hydrogen-bond acceptors (Lipinski definition) is 5. The van der Waals surface area contributed by atoms with E-state index in [0.29, 0.717) is 33.6 Å². The number of amides is 1. The molecular formula is C19H20BrN3O4S. The molecule has 2 N–H and O–H groups in total. The van der Waals surface area contributed by atoms with Crippen molar-refractivity contribution in [1.29, 1.82) is 0 Å². The molecule has 0 aliphatic heterocycles. The number of hydrogen-bond donors (Lipinski definition) is 2. The molecule has 9 heteroatoms. The highest BCUT2D eigenvalue weighted by Crippen LogP contribution is 2.26. The van der Waals surface area contributed by atoms with Crippen LogP contribution in [0.5, 0.6) is 5.75 Å². The van der Waals surface area contributed by atoms with E-state index < -0.39 is 4.92 Å². The number of halogens is 1. The molecule has 7 nitrogen and oxygen atoms in total. The molecule has 0 atom stereocenters. The van der Waals surface area contributed by atoms with E-state index in [4.69, 9.17) is 17.0 Å². The third kappa shape index (κ3) is 6.00. The minimum atomic E-state index is -0.468. The molecule has 0 saturated carbocycles. The summed E-state index contributed by atoms with van der Waals surface area (Å²) in [5.41, 5.74) is 1.63. The van der Waals surface area contributed by atoms with Crippen LogP contribution in [0, 0.1) is 17.0 Å². The number of unbranched alkanes of at least 4 members (excludes halogenated alkanes) is 1. The van der Waals surface area contributed by atoms with Crippen molar-refractivity contribution in [1.82, 2.24) is 5.32 Å². The van der Waals surface area contributed by atoms with Gasteiger partial charge < -0.3 is 10.1 Å². The van der Waals surface area contributed by atoms with Crippen molar-refractivity contribution in [3.05, 3.63) is 62.1 Å². The van der Waals surface area contributed by atoms with Gasteiger partial charge in [-0.15, -0.1) is 0 Å². The molecule has 0 radical (unpaired) electrons. The van der Waals surface area contributed by atoms with E-state index in [1.54, 1.807) is 31.2 Å². The van der Waals surface area contributed by atoms with Crippen molar-refractivity contribution < 1.29 is 14.5 Å². The second-order valence-corrected chi connectivity index (χ2v) is 7.27. The molecule has 0 aromatic heterocycles. The number of rotatable bonds is 7. The van der Waals surface area contributed by atoms with Crippen LogP contribution in [0.25, 0.3) is 0 Å². The van der Waals surface area contributed by atoms with Crippen LogP contribution in [-0.2, 0) is 0 Å². The summed E-state index contributed by atoms with van der Waals surface area (Å²) in [4.78, 5) is 22.7.